The summed E-state index contributed by atoms with van der Waals surface area (Å²) in [6, 6.07) is 10.6. The average Bonchev–Trinajstić information content (AvgIpc) is 2.99. The number of halogens is 1. The van der Waals surface area contributed by atoms with Crippen molar-refractivity contribution in [2.45, 2.75) is 13.3 Å². The normalized spacial score (nSPS) is 10.8. The summed E-state index contributed by atoms with van der Waals surface area (Å²) in [5.41, 5.74) is 1.72. The first kappa shape index (κ1) is 18.2. The number of ether oxygens (including phenoxy) is 2. The summed E-state index contributed by atoms with van der Waals surface area (Å²) < 4.78 is 25.3. The van der Waals surface area contributed by atoms with Crippen molar-refractivity contribution in [1.29, 1.82) is 0 Å². The summed E-state index contributed by atoms with van der Waals surface area (Å²) in [6.07, 6.45) is 0.657. The van der Waals surface area contributed by atoms with E-state index in [0.29, 0.717) is 40.3 Å². The summed E-state index contributed by atoms with van der Waals surface area (Å²) in [7, 11) is 3.18. The molecule has 0 spiro atoms. The molecule has 1 aromatic heterocycles. The van der Waals surface area contributed by atoms with Crippen LogP contribution < -0.4 is 14.8 Å². The number of thiophene rings is 1. The van der Waals surface area contributed by atoms with E-state index in [2.05, 4.69) is 5.32 Å². The third-order valence-electron chi connectivity index (χ3n) is 4.26. The zero-order valence-corrected chi connectivity index (χ0v) is 15.7. The minimum Gasteiger partial charge on any atom is -0.493 e. The molecule has 0 aliphatic carbocycles. The van der Waals surface area contributed by atoms with Gasteiger partial charge in [-0.2, -0.15) is 0 Å². The van der Waals surface area contributed by atoms with E-state index in [4.69, 9.17) is 9.47 Å². The van der Waals surface area contributed by atoms with Crippen molar-refractivity contribution in [3.05, 3.63) is 58.2 Å². The van der Waals surface area contributed by atoms with E-state index in [1.54, 1.807) is 27.2 Å². The average molecular weight is 373 g/mol. The first-order valence-corrected chi connectivity index (χ1v) is 9.03. The number of methoxy groups -OCH3 is 2. The fourth-order valence-corrected chi connectivity index (χ4v) is 4.05. The number of nitrogens with one attached hydrogen (secondary N) is 1. The van der Waals surface area contributed by atoms with E-state index >= 15 is 0 Å². The Labute approximate surface area is 155 Å². The van der Waals surface area contributed by atoms with Crippen molar-refractivity contribution in [3.8, 4) is 11.5 Å². The Morgan fingerprint density at radius 1 is 1.15 bits per heavy atom. The van der Waals surface area contributed by atoms with Crippen LogP contribution in [-0.2, 0) is 6.42 Å². The molecule has 0 aliphatic rings. The van der Waals surface area contributed by atoms with Gasteiger partial charge in [0, 0.05) is 16.6 Å². The predicted octanol–water partition coefficient (Wildman–Crippen LogP) is 4.34. The van der Waals surface area contributed by atoms with Gasteiger partial charge in [-0.25, -0.2) is 4.39 Å². The number of fused-ring (bicyclic) bond motifs is 1. The summed E-state index contributed by atoms with van der Waals surface area (Å²) in [4.78, 5) is 13.0. The van der Waals surface area contributed by atoms with Crippen LogP contribution >= 0.6 is 11.3 Å². The second-order valence-electron chi connectivity index (χ2n) is 5.86. The number of rotatable bonds is 6. The molecule has 136 valence electrons. The Hall–Kier alpha value is -2.60. The highest BCUT2D eigenvalue weighted by atomic mass is 32.1. The lowest BCUT2D eigenvalue weighted by Gasteiger charge is -2.10. The van der Waals surface area contributed by atoms with Gasteiger partial charge in [-0.05, 0) is 48.7 Å². The van der Waals surface area contributed by atoms with E-state index in [1.807, 2.05) is 24.3 Å². The van der Waals surface area contributed by atoms with Crippen LogP contribution in [0.3, 0.4) is 0 Å². The third kappa shape index (κ3) is 3.51. The van der Waals surface area contributed by atoms with Gasteiger partial charge >= 0.3 is 0 Å². The standard InChI is InChI=1S/C20H20FNO3S/c1-12-18-14(21)5-4-6-17(18)26-19(12)20(23)22-10-9-13-7-8-15(24-2)16(11-13)25-3/h4-8,11H,9-10H2,1-3H3,(H,22,23). The lowest BCUT2D eigenvalue weighted by Crippen LogP contribution is -2.25. The maximum atomic E-state index is 14.0. The molecule has 0 radical (unpaired) electrons. The molecule has 2 aromatic carbocycles. The summed E-state index contributed by atoms with van der Waals surface area (Å²) >= 11 is 1.31. The summed E-state index contributed by atoms with van der Waals surface area (Å²) in [5.74, 6) is 0.861. The van der Waals surface area contributed by atoms with Gasteiger partial charge in [0.2, 0.25) is 0 Å². The van der Waals surface area contributed by atoms with Gasteiger partial charge in [0.05, 0.1) is 19.1 Å². The highest BCUT2D eigenvalue weighted by molar-refractivity contribution is 7.21. The predicted molar refractivity (Wildman–Crippen MR) is 102 cm³/mol. The quantitative estimate of drug-likeness (QED) is 0.699. The molecule has 1 heterocycles. The molecule has 0 saturated carbocycles. The van der Waals surface area contributed by atoms with Gasteiger partial charge in [0.1, 0.15) is 5.82 Å². The largest absolute Gasteiger partial charge is 0.493 e. The maximum Gasteiger partial charge on any atom is 0.261 e. The van der Waals surface area contributed by atoms with Gasteiger partial charge in [0.15, 0.2) is 11.5 Å². The molecule has 0 unspecified atom stereocenters. The van der Waals surface area contributed by atoms with E-state index in [1.165, 1.54) is 17.4 Å². The second-order valence-corrected chi connectivity index (χ2v) is 6.92. The molecule has 0 bridgehead atoms. The van der Waals surface area contributed by atoms with Crippen LogP contribution in [0.25, 0.3) is 10.1 Å². The molecule has 6 heteroatoms. The Morgan fingerprint density at radius 2 is 1.92 bits per heavy atom. The van der Waals surface area contributed by atoms with E-state index in [9.17, 15) is 9.18 Å². The van der Waals surface area contributed by atoms with Gasteiger partial charge < -0.3 is 14.8 Å². The number of carbonyl (C=O) groups excluding carboxylic acids is 1. The smallest absolute Gasteiger partial charge is 0.261 e. The zero-order chi connectivity index (χ0) is 18.7. The van der Waals surface area contributed by atoms with Gasteiger partial charge in [-0.3, -0.25) is 4.79 Å². The molecule has 0 saturated heterocycles. The van der Waals surface area contributed by atoms with Crippen LogP contribution in [0.4, 0.5) is 4.39 Å². The molecular formula is C20H20FNO3S. The van der Waals surface area contributed by atoms with Crippen molar-refractivity contribution in [2.75, 3.05) is 20.8 Å². The van der Waals surface area contributed by atoms with Gasteiger partial charge in [-0.15, -0.1) is 11.3 Å². The summed E-state index contributed by atoms with van der Waals surface area (Å²) in [6.45, 7) is 2.26. The SMILES string of the molecule is COc1ccc(CCNC(=O)c2sc3cccc(F)c3c2C)cc1OC. The molecule has 4 nitrogen and oxygen atoms in total. The highest BCUT2D eigenvalue weighted by Crippen LogP contribution is 2.32. The molecule has 3 aromatic rings. The van der Waals surface area contributed by atoms with Gasteiger partial charge in [0.25, 0.3) is 5.91 Å². The number of amides is 1. The van der Waals surface area contributed by atoms with Crippen molar-refractivity contribution in [1.82, 2.24) is 5.32 Å². The molecule has 3 rings (SSSR count). The minimum absolute atomic E-state index is 0.177. The van der Waals surface area contributed by atoms with Crippen LogP contribution in [0.5, 0.6) is 11.5 Å². The van der Waals surface area contributed by atoms with E-state index in [-0.39, 0.29) is 11.7 Å². The molecule has 1 amide bonds. The highest BCUT2D eigenvalue weighted by Gasteiger charge is 2.17. The molecule has 26 heavy (non-hydrogen) atoms. The van der Waals surface area contributed by atoms with E-state index < -0.39 is 0 Å². The van der Waals surface area contributed by atoms with Crippen LogP contribution in [0.2, 0.25) is 0 Å². The molecule has 0 atom stereocenters. The Kier molecular flexibility index (Phi) is 5.42. The fourth-order valence-electron chi connectivity index (χ4n) is 2.91. The second kappa shape index (κ2) is 7.74. The summed E-state index contributed by atoms with van der Waals surface area (Å²) in [5, 5.41) is 3.44. The zero-order valence-electron chi connectivity index (χ0n) is 14.9. The number of hydrogen-bond acceptors (Lipinski definition) is 4. The Morgan fingerprint density at radius 3 is 2.62 bits per heavy atom. The van der Waals surface area contributed by atoms with Crippen molar-refractivity contribution in [2.24, 2.45) is 0 Å². The van der Waals surface area contributed by atoms with E-state index in [0.717, 1.165) is 10.3 Å². The first-order chi connectivity index (χ1) is 12.5. The number of benzene rings is 2. The Bertz CT molecular complexity index is 952. The minimum atomic E-state index is -0.291. The monoisotopic (exact) mass is 373 g/mol. The van der Waals surface area contributed by atoms with Crippen LogP contribution in [-0.4, -0.2) is 26.7 Å². The lowest BCUT2D eigenvalue weighted by molar-refractivity contribution is 0.0957. The fraction of sp³-hybridized carbons (Fsp3) is 0.250. The van der Waals surface area contributed by atoms with Crippen LogP contribution in [0.15, 0.2) is 36.4 Å². The van der Waals surface area contributed by atoms with Crippen molar-refractivity contribution in [3.63, 3.8) is 0 Å². The van der Waals surface area contributed by atoms with Gasteiger partial charge in [-0.1, -0.05) is 12.1 Å². The molecular weight excluding hydrogens is 353 g/mol. The van der Waals surface area contributed by atoms with Crippen LogP contribution in [0, 0.1) is 12.7 Å². The molecule has 0 fully saturated rings. The Balaban J connectivity index is 1.68. The molecule has 1 N–H and O–H groups in total. The number of hydrogen-bond donors (Lipinski definition) is 1. The lowest BCUT2D eigenvalue weighted by atomic mass is 10.1. The first-order valence-electron chi connectivity index (χ1n) is 8.22. The maximum absolute atomic E-state index is 14.0. The van der Waals surface area contributed by atoms with Crippen molar-refractivity contribution >= 4 is 27.3 Å². The third-order valence-corrected chi connectivity index (χ3v) is 5.51. The van der Waals surface area contributed by atoms with Crippen LogP contribution in [0.1, 0.15) is 20.8 Å². The topological polar surface area (TPSA) is 47.6 Å². The molecule has 0 aliphatic heterocycles. The number of aryl methyl sites for hydroxylation is 1. The van der Waals surface area contributed by atoms with Crippen molar-refractivity contribution < 1.29 is 18.7 Å². The number of carbonyl (C=O) groups is 1.